The fraction of sp³-hybridized carbons (Fsp3) is 0.304. The molecule has 1 aromatic heterocycles. The number of aryl methyl sites for hydroxylation is 1. The Morgan fingerprint density at radius 2 is 1.63 bits per heavy atom. The molecule has 0 radical (unpaired) electrons. The van der Waals surface area contributed by atoms with E-state index in [0.717, 1.165) is 34.7 Å². The topological polar surface area (TPSA) is 46.9 Å². The van der Waals surface area contributed by atoms with E-state index in [0.29, 0.717) is 12.3 Å². The zero-order chi connectivity index (χ0) is 19.4. The van der Waals surface area contributed by atoms with Gasteiger partial charge in [-0.2, -0.15) is 5.10 Å². The Kier molecular flexibility index (Phi) is 5.75. The maximum Gasteiger partial charge on any atom is 0.228 e. The lowest BCUT2D eigenvalue weighted by atomic mass is 10.0. The van der Waals surface area contributed by atoms with Crippen molar-refractivity contribution < 1.29 is 4.79 Å². The summed E-state index contributed by atoms with van der Waals surface area (Å²) in [7, 11) is 0. The van der Waals surface area contributed by atoms with Crippen LogP contribution in [0.15, 0.2) is 54.6 Å². The van der Waals surface area contributed by atoms with Gasteiger partial charge in [0.15, 0.2) is 0 Å². The van der Waals surface area contributed by atoms with E-state index in [9.17, 15) is 4.79 Å². The molecule has 140 valence electrons. The molecule has 0 aliphatic carbocycles. The Balaban J connectivity index is 1.70. The van der Waals surface area contributed by atoms with Crippen molar-refractivity contribution in [2.45, 2.75) is 40.5 Å². The van der Waals surface area contributed by atoms with Gasteiger partial charge in [0.2, 0.25) is 5.91 Å². The van der Waals surface area contributed by atoms with E-state index >= 15 is 0 Å². The van der Waals surface area contributed by atoms with Gasteiger partial charge in [-0.25, -0.2) is 4.68 Å². The van der Waals surface area contributed by atoms with E-state index in [-0.39, 0.29) is 5.91 Å². The van der Waals surface area contributed by atoms with E-state index in [1.54, 1.807) is 0 Å². The van der Waals surface area contributed by atoms with Crippen LogP contribution in [0.1, 0.15) is 36.4 Å². The van der Waals surface area contributed by atoms with Gasteiger partial charge in [0.1, 0.15) is 0 Å². The molecule has 4 heteroatoms. The van der Waals surface area contributed by atoms with Crippen LogP contribution in [0.3, 0.4) is 0 Å². The van der Waals surface area contributed by atoms with Crippen LogP contribution in [0.5, 0.6) is 0 Å². The van der Waals surface area contributed by atoms with Crippen LogP contribution in [0, 0.1) is 19.8 Å². The third kappa shape index (κ3) is 4.64. The van der Waals surface area contributed by atoms with Crippen molar-refractivity contribution in [3.8, 4) is 5.69 Å². The van der Waals surface area contributed by atoms with Crippen molar-refractivity contribution in [1.29, 1.82) is 0 Å². The molecule has 0 spiro atoms. The van der Waals surface area contributed by atoms with Crippen LogP contribution >= 0.6 is 0 Å². The summed E-state index contributed by atoms with van der Waals surface area (Å²) in [4.78, 5) is 12.5. The molecular formula is C23H27N3O. The summed E-state index contributed by atoms with van der Waals surface area (Å²) in [6.07, 6.45) is 1.42. The number of hydrogen-bond acceptors (Lipinski definition) is 2. The molecule has 3 aromatic rings. The van der Waals surface area contributed by atoms with Gasteiger partial charge < -0.3 is 5.32 Å². The van der Waals surface area contributed by atoms with E-state index in [1.165, 1.54) is 5.56 Å². The Morgan fingerprint density at radius 1 is 1.00 bits per heavy atom. The van der Waals surface area contributed by atoms with E-state index in [2.05, 4.69) is 36.4 Å². The first-order chi connectivity index (χ1) is 12.9. The molecular weight excluding hydrogens is 334 g/mol. The Labute approximate surface area is 161 Å². The molecule has 0 fully saturated rings. The lowest BCUT2D eigenvalue weighted by molar-refractivity contribution is -0.115. The average Bonchev–Trinajstić information content (AvgIpc) is 2.92. The number of aromatic nitrogens is 2. The molecule has 27 heavy (non-hydrogen) atoms. The fourth-order valence-electron chi connectivity index (χ4n) is 3.28. The number of benzene rings is 2. The highest BCUT2D eigenvalue weighted by molar-refractivity contribution is 5.93. The predicted molar refractivity (Wildman–Crippen MR) is 110 cm³/mol. The second-order valence-electron chi connectivity index (χ2n) is 7.43. The zero-order valence-corrected chi connectivity index (χ0v) is 16.5. The monoisotopic (exact) mass is 361 g/mol. The molecule has 2 aromatic carbocycles. The van der Waals surface area contributed by atoms with Gasteiger partial charge in [-0.15, -0.1) is 0 Å². The molecule has 0 aliphatic rings. The van der Waals surface area contributed by atoms with Crippen molar-refractivity contribution in [2.24, 2.45) is 5.92 Å². The van der Waals surface area contributed by atoms with Gasteiger partial charge in [0, 0.05) is 0 Å². The number of anilines is 1. The summed E-state index contributed by atoms with van der Waals surface area (Å²) >= 11 is 0. The molecule has 0 bridgehead atoms. The number of rotatable bonds is 6. The lowest BCUT2D eigenvalue weighted by Crippen LogP contribution is -2.15. The molecule has 4 nitrogen and oxygen atoms in total. The quantitative estimate of drug-likeness (QED) is 0.681. The maximum atomic E-state index is 12.5. The fourth-order valence-corrected chi connectivity index (χ4v) is 3.28. The third-order valence-corrected chi connectivity index (χ3v) is 4.59. The molecule has 0 saturated carbocycles. The zero-order valence-electron chi connectivity index (χ0n) is 16.5. The van der Waals surface area contributed by atoms with Gasteiger partial charge in [-0.3, -0.25) is 4.79 Å². The molecule has 1 heterocycles. The Bertz CT molecular complexity index is 909. The average molecular weight is 361 g/mol. The summed E-state index contributed by atoms with van der Waals surface area (Å²) in [5.41, 5.74) is 5.85. The van der Waals surface area contributed by atoms with Crippen LogP contribution < -0.4 is 5.32 Å². The SMILES string of the molecule is Cc1nn(-c2ccccc2)c(C)c1NC(=O)Cc1ccc(CC(C)C)cc1. The second-order valence-corrected chi connectivity index (χ2v) is 7.43. The number of amides is 1. The Hall–Kier alpha value is -2.88. The molecule has 0 unspecified atom stereocenters. The van der Waals surface area contributed by atoms with Gasteiger partial charge in [0.05, 0.1) is 29.2 Å². The summed E-state index contributed by atoms with van der Waals surface area (Å²) in [5, 5.41) is 7.62. The van der Waals surface area contributed by atoms with E-state index in [1.807, 2.05) is 61.0 Å². The first kappa shape index (κ1) is 18.9. The minimum absolute atomic E-state index is 0.0228. The maximum absolute atomic E-state index is 12.5. The number of hydrogen-bond donors (Lipinski definition) is 1. The van der Waals surface area contributed by atoms with Crippen LogP contribution in [-0.4, -0.2) is 15.7 Å². The minimum atomic E-state index is -0.0228. The smallest absolute Gasteiger partial charge is 0.228 e. The van der Waals surface area contributed by atoms with Gasteiger partial charge in [0.25, 0.3) is 0 Å². The highest BCUT2D eigenvalue weighted by atomic mass is 16.1. The molecule has 0 aliphatic heterocycles. The predicted octanol–water partition coefficient (Wildman–Crippen LogP) is 4.87. The standard InChI is InChI=1S/C23H27N3O/c1-16(2)14-19-10-12-20(13-11-19)15-22(27)24-23-17(3)25-26(18(23)4)21-8-6-5-7-9-21/h5-13,16H,14-15H2,1-4H3,(H,24,27). The molecule has 0 atom stereocenters. The number of carbonyl (C=O) groups is 1. The van der Waals surface area contributed by atoms with Crippen molar-refractivity contribution >= 4 is 11.6 Å². The highest BCUT2D eigenvalue weighted by Crippen LogP contribution is 2.23. The number of para-hydroxylation sites is 1. The van der Waals surface area contributed by atoms with Crippen molar-refractivity contribution in [2.75, 3.05) is 5.32 Å². The number of nitrogens with zero attached hydrogens (tertiary/aromatic N) is 2. The second kappa shape index (κ2) is 8.21. The molecule has 1 amide bonds. The molecule has 1 N–H and O–H groups in total. The third-order valence-electron chi connectivity index (χ3n) is 4.59. The largest absolute Gasteiger partial charge is 0.323 e. The minimum Gasteiger partial charge on any atom is -0.323 e. The Morgan fingerprint density at radius 3 is 2.26 bits per heavy atom. The van der Waals surface area contributed by atoms with Crippen molar-refractivity contribution in [3.63, 3.8) is 0 Å². The number of nitrogens with one attached hydrogen (secondary N) is 1. The van der Waals surface area contributed by atoms with Gasteiger partial charge in [-0.1, -0.05) is 56.3 Å². The van der Waals surface area contributed by atoms with Crippen LogP contribution in [0.2, 0.25) is 0 Å². The summed E-state index contributed by atoms with van der Waals surface area (Å²) in [5.74, 6) is 0.608. The first-order valence-electron chi connectivity index (χ1n) is 9.43. The van der Waals surface area contributed by atoms with Crippen LogP contribution in [0.4, 0.5) is 5.69 Å². The van der Waals surface area contributed by atoms with Crippen molar-refractivity contribution in [1.82, 2.24) is 9.78 Å². The lowest BCUT2D eigenvalue weighted by Gasteiger charge is -2.08. The first-order valence-corrected chi connectivity index (χ1v) is 9.43. The van der Waals surface area contributed by atoms with Crippen LogP contribution in [0.25, 0.3) is 5.69 Å². The van der Waals surface area contributed by atoms with E-state index < -0.39 is 0 Å². The van der Waals surface area contributed by atoms with Gasteiger partial charge >= 0.3 is 0 Å². The molecule has 0 saturated heterocycles. The highest BCUT2D eigenvalue weighted by Gasteiger charge is 2.15. The summed E-state index contributed by atoms with van der Waals surface area (Å²) in [6.45, 7) is 8.31. The summed E-state index contributed by atoms with van der Waals surface area (Å²) < 4.78 is 1.87. The van der Waals surface area contributed by atoms with Gasteiger partial charge in [-0.05, 0) is 49.4 Å². The van der Waals surface area contributed by atoms with Crippen LogP contribution in [-0.2, 0) is 17.6 Å². The van der Waals surface area contributed by atoms with E-state index in [4.69, 9.17) is 0 Å². The number of carbonyl (C=O) groups excluding carboxylic acids is 1. The summed E-state index contributed by atoms with van der Waals surface area (Å²) in [6, 6.07) is 18.3. The van der Waals surface area contributed by atoms with Crippen molar-refractivity contribution in [3.05, 3.63) is 77.1 Å². The molecule has 3 rings (SSSR count). The normalized spacial score (nSPS) is 11.0.